The first kappa shape index (κ1) is 19.1. The van der Waals surface area contributed by atoms with Gasteiger partial charge in [-0.2, -0.15) is 30.3 Å². The van der Waals surface area contributed by atoms with E-state index in [-0.39, 0.29) is 44.0 Å². The van der Waals surface area contributed by atoms with Crippen LogP contribution in [0.5, 0.6) is 0 Å². The monoisotopic (exact) mass is 463 g/mol. The molecule has 0 aliphatic heterocycles. The normalized spacial score (nSPS) is 21.3. The Morgan fingerprint density at radius 1 is 0.897 bits per heavy atom. The van der Waals surface area contributed by atoms with Gasteiger partial charge in [0.05, 0.1) is 0 Å². The van der Waals surface area contributed by atoms with E-state index >= 15 is 0 Å². The summed E-state index contributed by atoms with van der Waals surface area (Å²) in [5, 5.41) is 3.52. The Balaban J connectivity index is 0.00000181. The fourth-order valence-corrected chi connectivity index (χ4v) is 5.83. The van der Waals surface area contributed by atoms with Crippen molar-refractivity contribution in [2.24, 2.45) is 5.92 Å². The van der Waals surface area contributed by atoms with E-state index in [0.717, 1.165) is 0 Å². The van der Waals surface area contributed by atoms with Crippen molar-refractivity contribution in [1.29, 1.82) is 0 Å². The van der Waals surface area contributed by atoms with E-state index in [0.29, 0.717) is 0 Å². The maximum absolute atomic E-state index is 3.60. The van der Waals surface area contributed by atoms with Crippen LogP contribution < -0.4 is 0 Å². The van der Waals surface area contributed by atoms with Crippen LogP contribution in [0, 0.1) is 18.4 Å². The summed E-state index contributed by atoms with van der Waals surface area (Å²) in [5.41, 5.74) is 6.46. The van der Waals surface area contributed by atoms with E-state index in [1.165, 1.54) is 37.9 Å². The Bertz CT molecular complexity index is 1250. The standard InChI is InChI=1S/C27H18S.Y/c1-3-9-20(10-4-1)27(21-11-5-2-6-12-21)24-14-8-7-13-22(24)23-18-26-19(15-16-28-26)17-25(23)27;/h1-11,13-18,20H;/q-2;. The molecule has 1 radical (unpaired) electrons. The predicted octanol–water partition coefficient (Wildman–Crippen LogP) is 6.96. The van der Waals surface area contributed by atoms with Crippen LogP contribution in [0.1, 0.15) is 16.7 Å². The molecule has 2 aliphatic rings. The smallest absolute Gasteiger partial charge is 0.0349 e. The van der Waals surface area contributed by atoms with Gasteiger partial charge in [0.2, 0.25) is 0 Å². The molecule has 0 saturated carbocycles. The van der Waals surface area contributed by atoms with Crippen LogP contribution in [0.25, 0.3) is 21.2 Å². The van der Waals surface area contributed by atoms with Crippen molar-refractivity contribution in [2.45, 2.75) is 5.41 Å². The van der Waals surface area contributed by atoms with Gasteiger partial charge in [0.15, 0.2) is 0 Å². The van der Waals surface area contributed by atoms with Crippen molar-refractivity contribution < 1.29 is 32.7 Å². The van der Waals surface area contributed by atoms with Gasteiger partial charge in [-0.05, 0) is 51.2 Å². The molecule has 0 nitrogen and oxygen atoms in total. The maximum atomic E-state index is 3.60. The topological polar surface area (TPSA) is 0 Å². The third kappa shape index (κ3) is 2.68. The molecule has 2 atom stereocenters. The van der Waals surface area contributed by atoms with Crippen LogP contribution >= 0.6 is 11.3 Å². The molecule has 6 rings (SSSR count). The van der Waals surface area contributed by atoms with Gasteiger partial charge < -0.3 is 0 Å². The molecule has 0 N–H and O–H groups in total. The molecule has 0 saturated heterocycles. The SMILES string of the molecule is [Y].[c-]1ccccc1C1(C2C=CC=C[CH-]2)c2ccccc2-c2cc3sccc3cc21. The molecule has 0 bridgehead atoms. The molecule has 4 aromatic rings. The van der Waals surface area contributed by atoms with Crippen molar-refractivity contribution in [1.82, 2.24) is 0 Å². The van der Waals surface area contributed by atoms with Gasteiger partial charge >= 0.3 is 0 Å². The van der Waals surface area contributed by atoms with E-state index < -0.39 is 0 Å². The van der Waals surface area contributed by atoms with Crippen molar-refractivity contribution in [2.75, 3.05) is 0 Å². The zero-order chi connectivity index (χ0) is 18.6. The predicted molar refractivity (Wildman–Crippen MR) is 118 cm³/mol. The van der Waals surface area contributed by atoms with Crippen molar-refractivity contribution in [3.05, 3.63) is 126 Å². The van der Waals surface area contributed by atoms with Gasteiger partial charge in [-0.3, -0.25) is 0 Å². The van der Waals surface area contributed by atoms with Crippen LogP contribution in [0.4, 0.5) is 0 Å². The number of thiophene rings is 1. The third-order valence-corrected chi connectivity index (χ3v) is 7.03. The first-order valence-electron chi connectivity index (χ1n) is 9.66. The molecule has 1 heterocycles. The number of rotatable bonds is 2. The van der Waals surface area contributed by atoms with Crippen LogP contribution in [-0.2, 0) is 38.1 Å². The number of allylic oxidation sites excluding steroid dienone is 4. The fourth-order valence-electron chi connectivity index (χ4n) is 5.02. The van der Waals surface area contributed by atoms with E-state index in [2.05, 4.69) is 103 Å². The van der Waals surface area contributed by atoms with Crippen LogP contribution in [0.15, 0.2) is 96.4 Å². The molecular formula is C27H18SY-2. The molecule has 0 fully saturated rings. The van der Waals surface area contributed by atoms with Gasteiger partial charge in [-0.1, -0.05) is 30.2 Å². The Morgan fingerprint density at radius 2 is 1.79 bits per heavy atom. The zero-order valence-electron chi connectivity index (χ0n) is 15.9. The summed E-state index contributed by atoms with van der Waals surface area (Å²) in [6.45, 7) is 0. The molecule has 0 spiro atoms. The summed E-state index contributed by atoms with van der Waals surface area (Å²) < 4.78 is 1.35. The molecule has 0 amide bonds. The average molecular weight is 463 g/mol. The molecule has 1 aromatic heterocycles. The van der Waals surface area contributed by atoms with Crippen molar-refractivity contribution >= 4 is 21.4 Å². The van der Waals surface area contributed by atoms with E-state index in [1.54, 1.807) is 0 Å². The Kier molecular flexibility index (Phi) is 4.86. The Morgan fingerprint density at radius 3 is 2.62 bits per heavy atom. The second-order valence-corrected chi connectivity index (χ2v) is 8.42. The van der Waals surface area contributed by atoms with E-state index in [9.17, 15) is 0 Å². The number of fused-ring (bicyclic) bond motifs is 4. The molecular weight excluding hydrogens is 445 g/mol. The minimum absolute atomic E-state index is 0. The number of benzene rings is 3. The number of hydrogen-bond acceptors (Lipinski definition) is 1. The molecule has 2 aliphatic carbocycles. The molecule has 2 unspecified atom stereocenters. The minimum Gasteiger partial charge on any atom is -0.228 e. The molecule has 2 heteroatoms. The maximum Gasteiger partial charge on any atom is 0.0349 e. The van der Waals surface area contributed by atoms with Crippen molar-refractivity contribution in [3.63, 3.8) is 0 Å². The molecule has 3 aromatic carbocycles. The van der Waals surface area contributed by atoms with Gasteiger partial charge in [-0.25, -0.2) is 18.6 Å². The van der Waals surface area contributed by atoms with Crippen molar-refractivity contribution in [3.8, 4) is 11.1 Å². The van der Waals surface area contributed by atoms with Gasteiger partial charge in [0, 0.05) is 42.8 Å². The largest absolute Gasteiger partial charge is 0.228 e. The average Bonchev–Trinajstić information content (AvgIpc) is 3.34. The van der Waals surface area contributed by atoms with Gasteiger partial charge in [0.1, 0.15) is 0 Å². The quantitative estimate of drug-likeness (QED) is 0.282. The molecule has 29 heavy (non-hydrogen) atoms. The Labute approximate surface area is 200 Å². The van der Waals surface area contributed by atoms with E-state index in [4.69, 9.17) is 0 Å². The van der Waals surface area contributed by atoms with Crippen LogP contribution in [0.2, 0.25) is 0 Å². The fraction of sp³-hybridized carbons (Fsp3) is 0.0741. The van der Waals surface area contributed by atoms with Gasteiger partial charge in [0.25, 0.3) is 0 Å². The summed E-state index contributed by atoms with van der Waals surface area (Å²) in [6.07, 6.45) is 11.1. The summed E-state index contributed by atoms with van der Waals surface area (Å²) in [7, 11) is 0. The summed E-state index contributed by atoms with van der Waals surface area (Å²) in [6, 6.07) is 28.0. The summed E-state index contributed by atoms with van der Waals surface area (Å²) in [4.78, 5) is 0. The van der Waals surface area contributed by atoms with Crippen LogP contribution in [-0.4, -0.2) is 0 Å². The Hall–Kier alpha value is -1.93. The summed E-state index contributed by atoms with van der Waals surface area (Å²) in [5.74, 6) is 0.245. The minimum atomic E-state index is -0.259. The summed E-state index contributed by atoms with van der Waals surface area (Å²) >= 11 is 1.82. The first-order chi connectivity index (χ1) is 13.9. The van der Waals surface area contributed by atoms with Gasteiger partial charge in [-0.15, -0.1) is 29.1 Å². The molecule has 137 valence electrons. The second kappa shape index (κ2) is 7.40. The van der Waals surface area contributed by atoms with Crippen LogP contribution in [0.3, 0.4) is 0 Å². The third-order valence-electron chi connectivity index (χ3n) is 6.15. The first-order valence-corrected chi connectivity index (χ1v) is 10.5. The zero-order valence-corrected chi connectivity index (χ0v) is 19.5. The second-order valence-electron chi connectivity index (χ2n) is 7.47. The van der Waals surface area contributed by atoms with E-state index in [1.807, 2.05) is 17.4 Å². The number of hydrogen-bond donors (Lipinski definition) is 0.